The van der Waals surface area contributed by atoms with Crippen molar-refractivity contribution in [2.24, 2.45) is 0 Å². The van der Waals surface area contributed by atoms with Gasteiger partial charge in [-0.05, 0) is 19.2 Å². The monoisotopic (exact) mass is 261 g/mol. The summed E-state index contributed by atoms with van der Waals surface area (Å²) in [4.78, 5) is 4.58. The van der Waals surface area contributed by atoms with E-state index in [1.807, 2.05) is 35.8 Å². The maximum atomic E-state index is 5.90. The third-order valence-electron chi connectivity index (χ3n) is 2.72. The molecule has 0 aromatic carbocycles. The first-order valence-electron chi connectivity index (χ1n) is 5.60. The molecule has 6 heteroatoms. The topological polar surface area (TPSA) is 47.2 Å². The van der Waals surface area contributed by atoms with Crippen molar-refractivity contribution in [3.63, 3.8) is 0 Å². The van der Waals surface area contributed by atoms with E-state index in [0.717, 1.165) is 17.2 Å². The van der Waals surface area contributed by atoms with Crippen LogP contribution in [0.2, 0.25) is 5.02 Å². The maximum Gasteiger partial charge on any atom is 0.176 e. The molecule has 0 aliphatic rings. The van der Waals surface area contributed by atoms with Crippen LogP contribution in [-0.4, -0.2) is 26.2 Å². The highest BCUT2D eigenvalue weighted by Crippen LogP contribution is 2.18. The van der Waals surface area contributed by atoms with Crippen LogP contribution in [0, 0.1) is 0 Å². The average Bonchev–Trinajstić information content (AvgIpc) is 2.95. The number of hydrogen-bond acceptors (Lipinski definition) is 3. The molecule has 3 heterocycles. The van der Waals surface area contributed by atoms with Crippen molar-refractivity contribution in [3.05, 3.63) is 47.5 Å². The Labute approximate surface area is 109 Å². The minimum atomic E-state index is 0.600. The highest BCUT2D eigenvalue weighted by molar-refractivity contribution is 6.30. The Kier molecular flexibility index (Phi) is 2.77. The minimum absolute atomic E-state index is 0.600. The molecule has 0 aliphatic carbocycles. The molecule has 0 amide bonds. The molecular weight excluding hydrogens is 250 g/mol. The van der Waals surface area contributed by atoms with E-state index in [1.165, 1.54) is 0 Å². The first-order valence-corrected chi connectivity index (χ1v) is 5.98. The smallest absolute Gasteiger partial charge is 0.176 e. The molecule has 92 valence electrons. The van der Waals surface area contributed by atoms with Gasteiger partial charge in [0.2, 0.25) is 0 Å². The van der Waals surface area contributed by atoms with Gasteiger partial charge in [0.05, 0.1) is 23.1 Å². The van der Waals surface area contributed by atoms with Crippen LogP contribution in [0.1, 0.15) is 5.69 Å². The number of fused-ring (bicyclic) bond motifs is 1. The van der Waals surface area contributed by atoms with E-state index in [4.69, 9.17) is 11.6 Å². The average molecular weight is 262 g/mol. The van der Waals surface area contributed by atoms with E-state index in [9.17, 15) is 0 Å². The zero-order valence-electron chi connectivity index (χ0n) is 9.84. The van der Waals surface area contributed by atoms with Crippen LogP contribution < -0.4 is 5.32 Å². The van der Waals surface area contributed by atoms with Gasteiger partial charge >= 0.3 is 0 Å². The van der Waals surface area contributed by atoms with Gasteiger partial charge in [0.1, 0.15) is 5.65 Å². The van der Waals surface area contributed by atoms with Crippen LogP contribution in [0.5, 0.6) is 0 Å². The van der Waals surface area contributed by atoms with Crippen molar-refractivity contribution in [3.8, 4) is 5.82 Å². The number of halogens is 1. The van der Waals surface area contributed by atoms with Gasteiger partial charge in [-0.2, -0.15) is 5.10 Å². The van der Waals surface area contributed by atoms with E-state index < -0.39 is 0 Å². The predicted octanol–water partition coefficient (Wildman–Crippen LogP) is 1.89. The molecule has 18 heavy (non-hydrogen) atoms. The Morgan fingerprint density at radius 1 is 1.39 bits per heavy atom. The summed E-state index contributed by atoms with van der Waals surface area (Å²) in [6.07, 6.45) is 5.35. The van der Waals surface area contributed by atoms with Crippen molar-refractivity contribution >= 4 is 17.2 Å². The van der Waals surface area contributed by atoms with Crippen molar-refractivity contribution in [1.29, 1.82) is 0 Å². The van der Waals surface area contributed by atoms with Crippen LogP contribution in [0.25, 0.3) is 11.5 Å². The Morgan fingerprint density at radius 2 is 2.28 bits per heavy atom. The van der Waals surface area contributed by atoms with Crippen LogP contribution in [0.3, 0.4) is 0 Å². The first kappa shape index (κ1) is 11.3. The van der Waals surface area contributed by atoms with E-state index in [2.05, 4.69) is 15.4 Å². The van der Waals surface area contributed by atoms with Gasteiger partial charge in [-0.1, -0.05) is 17.7 Å². The summed E-state index contributed by atoms with van der Waals surface area (Å²) in [6.45, 7) is 0.706. The van der Waals surface area contributed by atoms with Gasteiger partial charge in [-0.25, -0.2) is 9.67 Å². The third-order valence-corrected chi connectivity index (χ3v) is 2.92. The van der Waals surface area contributed by atoms with E-state index in [-0.39, 0.29) is 0 Å². The fourth-order valence-corrected chi connectivity index (χ4v) is 2.10. The second-order valence-corrected chi connectivity index (χ2v) is 4.38. The van der Waals surface area contributed by atoms with Gasteiger partial charge in [-0.3, -0.25) is 0 Å². The zero-order chi connectivity index (χ0) is 12.5. The normalized spacial score (nSPS) is 11.2. The van der Waals surface area contributed by atoms with Crippen molar-refractivity contribution in [1.82, 2.24) is 24.5 Å². The largest absolute Gasteiger partial charge is 0.314 e. The highest BCUT2D eigenvalue weighted by Gasteiger charge is 2.13. The highest BCUT2D eigenvalue weighted by atomic mass is 35.5. The molecule has 0 bridgehead atoms. The van der Waals surface area contributed by atoms with Gasteiger partial charge in [-0.15, -0.1) is 0 Å². The molecule has 0 saturated heterocycles. The number of nitrogens with zero attached hydrogens (tertiary/aromatic N) is 4. The van der Waals surface area contributed by atoms with Crippen molar-refractivity contribution in [2.45, 2.75) is 6.54 Å². The van der Waals surface area contributed by atoms with Gasteiger partial charge in [0.15, 0.2) is 5.82 Å². The van der Waals surface area contributed by atoms with Gasteiger partial charge in [0.25, 0.3) is 0 Å². The number of aromatic nitrogens is 4. The van der Waals surface area contributed by atoms with Crippen LogP contribution >= 0.6 is 11.6 Å². The summed E-state index contributed by atoms with van der Waals surface area (Å²) >= 11 is 5.90. The van der Waals surface area contributed by atoms with Crippen molar-refractivity contribution in [2.75, 3.05) is 7.05 Å². The minimum Gasteiger partial charge on any atom is -0.314 e. The molecule has 5 nitrogen and oxygen atoms in total. The maximum absolute atomic E-state index is 5.90. The Bertz CT molecular complexity index is 685. The summed E-state index contributed by atoms with van der Waals surface area (Å²) < 4.78 is 3.74. The summed E-state index contributed by atoms with van der Waals surface area (Å²) in [6, 6.07) is 5.91. The Morgan fingerprint density at radius 3 is 3.00 bits per heavy atom. The van der Waals surface area contributed by atoms with Crippen LogP contribution in [-0.2, 0) is 6.54 Å². The summed E-state index contributed by atoms with van der Waals surface area (Å²) in [5.74, 6) is 0.794. The molecule has 0 unspecified atom stereocenters. The number of hydrogen-bond donors (Lipinski definition) is 1. The zero-order valence-corrected chi connectivity index (χ0v) is 10.6. The number of rotatable bonds is 3. The SMILES string of the molecule is CNCc1c(-n2cc(Cl)cn2)nc2ccccn12. The molecule has 0 aliphatic heterocycles. The lowest BCUT2D eigenvalue weighted by molar-refractivity contribution is 0.754. The Hall–Kier alpha value is -1.85. The molecule has 1 N–H and O–H groups in total. The summed E-state index contributed by atoms with van der Waals surface area (Å²) in [5, 5.41) is 7.95. The summed E-state index contributed by atoms with van der Waals surface area (Å²) in [5.41, 5.74) is 1.94. The van der Waals surface area contributed by atoms with Crippen LogP contribution in [0.4, 0.5) is 0 Å². The molecule has 3 aromatic rings. The third kappa shape index (κ3) is 1.77. The molecular formula is C12H12ClN5. The van der Waals surface area contributed by atoms with E-state index in [0.29, 0.717) is 11.6 Å². The number of pyridine rings is 1. The standard InChI is InChI=1S/C12H12ClN5/c1-14-7-10-12(18-8-9(13)6-15-18)16-11-4-2-3-5-17(10)11/h2-6,8,14H,7H2,1H3. The first-order chi connectivity index (χ1) is 8.79. The van der Waals surface area contributed by atoms with Gasteiger partial charge in [0, 0.05) is 12.7 Å². The van der Waals surface area contributed by atoms with Gasteiger partial charge < -0.3 is 9.72 Å². The fraction of sp³-hybridized carbons (Fsp3) is 0.167. The Balaban J connectivity index is 2.24. The molecule has 0 fully saturated rings. The summed E-state index contributed by atoms with van der Waals surface area (Å²) in [7, 11) is 1.90. The van der Waals surface area contributed by atoms with Crippen LogP contribution in [0.15, 0.2) is 36.8 Å². The molecule has 3 aromatic heterocycles. The lowest BCUT2D eigenvalue weighted by atomic mass is 10.4. The van der Waals surface area contributed by atoms with E-state index >= 15 is 0 Å². The molecule has 3 rings (SSSR count). The van der Waals surface area contributed by atoms with E-state index in [1.54, 1.807) is 17.1 Å². The molecule has 0 spiro atoms. The lowest BCUT2D eigenvalue weighted by Crippen LogP contribution is -2.11. The molecule has 0 atom stereocenters. The van der Waals surface area contributed by atoms with Crippen molar-refractivity contribution < 1.29 is 0 Å². The molecule has 0 radical (unpaired) electrons. The fourth-order valence-electron chi connectivity index (χ4n) is 1.97. The predicted molar refractivity (Wildman–Crippen MR) is 70.1 cm³/mol. The second-order valence-electron chi connectivity index (χ2n) is 3.94. The number of nitrogens with one attached hydrogen (secondary N) is 1. The quantitative estimate of drug-likeness (QED) is 0.783. The second kappa shape index (κ2) is 4.44. The molecule has 0 saturated carbocycles. The lowest BCUT2D eigenvalue weighted by Gasteiger charge is -2.03. The number of imidazole rings is 1.